The smallest absolute Gasteiger partial charge is 0.208 e. The summed E-state index contributed by atoms with van der Waals surface area (Å²) < 4.78 is 47.6. The molecule has 3 N–H and O–H groups in total. The van der Waals surface area contributed by atoms with Gasteiger partial charge in [-0.1, -0.05) is 6.08 Å². The predicted octanol–water partition coefficient (Wildman–Crippen LogP) is 1.71. The van der Waals surface area contributed by atoms with E-state index in [0.29, 0.717) is 6.61 Å². The molecule has 0 amide bonds. The van der Waals surface area contributed by atoms with E-state index in [-0.39, 0.29) is 39.5 Å². The van der Waals surface area contributed by atoms with Crippen molar-refractivity contribution < 1.29 is 32.8 Å². The minimum absolute atomic E-state index is 0.00659. The van der Waals surface area contributed by atoms with Crippen LogP contribution in [0, 0.1) is 0 Å². The zero-order chi connectivity index (χ0) is 18.6. The second kappa shape index (κ2) is 11.8. The van der Waals surface area contributed by atoms with Gasteiger partial charge in [-0.25, -0.2) is 8.78 Å². The number of nitrogens with two attached hydrogens (primary N) is 1. The van der Waals surface area contributed by atoms with Crippen molar-refractivity contribution in [3.8, 4) is 0 Å². The lowest BCUT2D eigenvalue weighted by Gasteiger charge is -2.28. The van der Waals surface area contributed by atoms with Crippen molar-refractivity contribution in [2.24, 2.45) is 5.73 Å². The molecule has 0 aromatic rings. The zero-order valence-corrected chi connectivity index (χ0v) is 14.8. The number of aliphatic hydroxyl groups is 1. The number of ether oxygens (including phenoxy) is 4. The van der Waals surface area contributed by atoms with Crippen molar-refractivity contribution in [1.82, 2.24) is 0 Å². The number of halogens is 2. The van der Waals surface area contributed by atoms with E-state index in [9.17, 15) is 13.9 Å². The van der Waals surface area contributed by atoms with Crippen LogP contribution >= 0.6 is 0 Å². The molecule has 0 bridgehead atoms. The van der Waals surface area contributed by atoms with Crippen LogP contribution in [0.2, 0.25) is 0 Å². The van der Waals surface area contributed by atoms with Crippen LogP contribution in [0.25, 0.3) is 0 Å². The third-order valence-corrected chi connectivity index (χ3v) is 3.24. The van der Waals surface area contributed by atoms with Gasteiger partial charge in [0.25, 0.3) is 0 Å². The van der Waals surface area contributed by atoms with Crippen LogP contribution in [0.3, 0.4) is 0 Å². The Morgan fingerprint density at radius 1 is 1.17 bits per heavy atom. The summed E-state index contributed by atoms with van der Waals surface area (Å²) in [6.45, 7) is 8.01. The number of alkyl halides is 2. The molecule has 0 heterocycles. The molecule has 0 spiro atoms. The van der Waals surface area contributed by atoms with Crippen LogP contribution in [0.4, 0.5) is 8.78 Å². The third kappa shape index (κ3) is 11.8. The molecule has 6 nitrogen and oxygen atoms in total. The van der Waals surface area contributed by atoms with Gasteiger partial charge in [-0.3, -0.25) is 0 Å². The maximum absolute atomic E-state index is 14.1. The largest absolute Gasteiger partial charge is 0.388 e. The minimum atomic E-state index is -1.94. The molecule has 0 fully saturated rings. The zero-order valence-electron chi connectivity index (χ0n) is 14.8. The van der Waals surface area contributed by atoms with E-state index >= 15 is 0 Å². The van der Waals surface area contributed by atoms with Crippen molar-refractivity contribution in [3.05, 3.63) is 12.7 Å². The first kappa shape index (κ1) is 23.4. The van der Waals surface area contributed by atoms with Crippen LogP contribution in [0.15, 0.2) is 12.7 Å². The second-order valence-electron chi connectivity index (χ2n) is 5.90. The summed E-state index contributed by atoms with van der Waals surface area (Å²) in [6.07, 6.45) is -0.654. The summed E-state index contributed by atoms with van der Waals surface area (Å²) in [6, 6.07) is 0. The van der Waals surface area contributed by atoms with Gasteiger partial charge in [-0.2, -0.15) is 0 Å². The average Bonchev–Trinajstić information content (AvgIpc) is 2.46. The first-order valence-corrected chi connectivity index (χ1v) is 7.95. The van der Waals surface area contributed by atoms with Gasteiger partial charge in [-0.05, 0) is 20.8 Å². The van der Waals surface area contributed by atoms with E-state index < -0.39 is 23.9 Å². The van der Waals surface area contributed by atoms with Crippen molar-refractivity contribution in [1.29, 1.82) is 0 Å². The minimum Gasteiger partial charge on any atom is -0.388 e. The molecule has 0 radical (unpaired) electrons. The topological polar surface area (TPSA) is 83.2 Å². The number of hydrogen-bond donors (Lipinski definition) is 2. The molecule has 4 atom stereocenters. The summed E-state index contributed by atoms with van der Waals surface area (Å²) >= 11 is 0. The Balaban J connectivity index is 3.75. The molecule has 0 aromatic heterocycles. The van der Waals surface area contributed by atoms with Crippen molar-refractivity contribution in [2.75, 3.05) is 39.6 Å². The first-order chi connectivity index (χ1) is 11.1. The Labute approximate surface area is 142 Å². The second-order valence-corrected chi connectivity index (χ2v) is 5.90. The monoisotopic (exact) mass is 355 g/mol. The number of rotatable bonds is 15. The molecule has 0 saturated heterocycles. The molecular formula is C16H31F2NO5. The number of aliphatic hydroxyl groups excluding tert-OH is 1. The van der Waals surface area contributed by atoms with Crippen LogP contribution < -0.4 is 5.73 Å². The van der Waals surface area contributed by atoms with E-state index in [1.165, 1.54) is 20.8 Å². The molecule has 144 valence electrons. The molecule has 0 aromatic carbocycles. The lowest BCUT2D eigenvalue weighted by Crippen LogP contribution is -2.47. The average molecular weight is 355 g/mol. The number of hydrogen-bond acceptors (Lipinski definition) is 6. The molecule has 0 aliphatic carbocycles. The Bertz CT molecular complexity index is 340. The molecular weight excluding hydrogens is 324 g/mol. The molecule has 0 rings (SSSR count). The van der Waals surface area contributed by atoms with E-state index in [1.54, 1.807) is 6.08 Å². The molecule has 0 saturated carbocycles. The highest BCUT2D eigenvalue weighted by Gasteiger charge is 2.30. The Morgan fingerprint density at radius 2 is 1.79 bits per heavy atom. The van der Waals surface area contributed by atoms with Crippen molar-refractivity contribution in [2.45, 2.75) is 51.0 Å². The highest BCUT2D eigenvalue weighted by molar-refractivity contribution is 4.74. The van der Waals surface area contributed by atoms with E-state index in [0.717, 1.165) is 0 Å². The quantitative estimate of drug-likeness (QED) is 0.264. The van der Waals surface area contributed by atoms with Crippen LogP contribution in [-0.4, -0.2) is 68.6 Å². The van der Waals surface area contributed by atoms with E-state index in [2.05, 4.69) is 6.58 Å². The van der Waals surface area contributed by atoms with Gasteiger partial charge in [0.05, 0.1) is 39.6 Å². The molecule has 24 heavy (non-hydrogen) atoms. The SMILES string of the molecule is C=CCOCC(O)COCCOC(C)(F)CCOC(C)(N)C(C)F. The first-order valence-electron chi connectivity index (χ1n) is 7.95. The van der Waals surface area contributed by atoms with Crippen molar-refractivity contribution >= 4 is 0 Å². The fourth-order valence-corrected chi connectivity index (χ4v) is 1.51. The fraction of sp³-hybridized carbons (Fsp3) is 0.875. The maximum Gasteiger partial charge on any atom is 0.208 e. The van der Waals surface area contributed by atoms with Crippen molar-refractivity contribution in [3.63, 3.8) is 0 Å². The van der Waals surface area contributed by atoms with E-state index in [1.807, 2.05) is 0 Å². The van der Waals surface area contributed by atoms with E-state index in [4.69, 9.17) is 24.7 Å². The van der Waals surface area contributed by atoms with Gasteiger partial charge < -0.3 is 29.8 Å². The lowest BCUT2D eigenvalue weighted by atomic mass is 10.2. The molecule has 0 aliphatic rings. The summed E-state index contributed by atoms with van der Waals surface area (Å²) in [4.78, 5) is 0. The maximum atomic E-state index is 14.1. The normalized spacial score (nSPS) is 19.3. The summed E-state index contributed by atoms with van der Waals surface area (Å²) in [5.74, 6) is -1.94. The van der Waals surface area contributed by atoms with Gasteiger partial charge in [0.1, 0.15) is 18.0 Å². The van der Waals surface area contributed by atoms with Gasteiger partial charge >= 0.3 is 0 Å². The standard InChI is InChI=1S/C16H31F2NO5/c1-5-7-21-11-14(20)12-22-9-10-23-15(3,18)6-8-24-16(4,19)13(2)17/h5,13-14,20H,1,6-12,19H2,2-4H3. The summed E-state index contributed by atoms with van der Waals surface area (Å²) in [7, 11) is 0. The van der Waals surface area contributed by atoms with Gasteiger partial charge in [-0.15, -0.1) is 6.58 Å². The van der Waals surface area contributed by atoms with Gasteiger partial charge in [0.15, 0.2) is 0 Å². The predicted molar refractivity (Wildman–Crippen MR) is 87.0 cm³/mol. The highest BCUT2D eigenvalue weighted by Crippen LogP contribution is 2.19. The molecule has 8 heteroatoms. The fourth-order valence-electron chi connectivity index (χ4n) is 1.51. The van der Waals surface area contributed by atoms with Gasteiger partial charge in [0, 0.05) is 6.42 Å². The highest BCUT2D eigenvalue weighted by atomic mass is 19.2. The molecule has 0 aliphatic heterocycles. The Kier molecular flexibility index (Phi) is 11.5. The summed E-state index contributed by atoms with van der Waals surface area (Å²) in [5, 5.41) is 9.51. The third-order valence-electron chi connectivity index (χ3n) is 3.24. The molecule has 4 unspecified atom stereocenters. The van der Waals surface area contributed by atoms with Crippen LogP contribution in [-0.2, 0) is 18.9 Å². The summed E-state index contributed by atoms with van der Waals surface area (Å²) in [5.41, 5.74) is 4.13. The Morgan fingerprint density at radius 3 is 2.38 bits per heavy atom. The van der Waals surface area contributed by atoms with Crippen LogP contribution in [0.5, 0.6) is 0 Å². The van der Waals surface area contributed by atoms with Crippen LogP contribution in [0.1, 0.15) is 27.2 Å². The lowest BCUT2D eigenvalue weighted by molar-refractivity contribution is -0.168. The van der Waals surface area contributed by atoms with Gasteiger partial charge in [0.2, 0.25) is 5.85 Å². The Hall–Kier alpha value is -0.640.